The summed E-state index contributed by atoms with van der Waals surface area (Å²) in [5.41, 5.74) is 0. The number of hydrogen-bond acceptors (Lipinski definition) is 1. The van der Waals surface area contributed by atoms with E-state index in [0.717, 1.165) is 18.2 Å². The van der Waals surface area contributed by atoms with Gasteiger partial charge in [0.1, 0.15) is 0 Å². The van der Waals surface area contributed by atoms with E-state index < -0.39 is 0 Å². The minimum atomic E-state index is 0.728. The van der Waals surface area contributed by atoms with E-state index in [0.29, 0.717) is 0 Å². The number of nitrogens with one attached hydrogen (secondary N) is 2. The summed E-state index contributed by atoms with van der Waals surface area (Å²) in [6.45, 7) is 7.49. The molecule has 0 saturated heterocycles. The summed E-state index contributed by atoms with van der Waals surface area (Å²) in [6.07, 6.45) is 5.48. The van der Waals surface area contributed by atoms with Gasteiger partial charge in [0.05, 0.1) is 0 Å². The zero-order chi connectivity index (χ0) is 9.23. The number of thiocarbonyl (C=S) groups is 1. The van der Waals surface area contributed by atoms with Crippen LogP contribution in [0.5, 0.6) is 0 Å². The number of hydrogen-bond donors (Lipinski definition) is 2. The topological polar surface area (TPSA) is 24.1 Å². The monoisotopic (exact) mass is 186 g/mol. The van der Waals surface area contributed by atoms with Gasteiger partial charge in [-0.3, -0.25) is 0 Å². The Kier molecular flexibility index (Phi) is 8.12. The van der Waals surface area contributed by atoms with Gasteiger partial charge in [0.2, 0.25) is 0 Å². The molecule has 0 aromatic rings. The van der Waals surface area contributed by atoms with Gasteiger partial charge in [-0.05, 0) is 18.6 Å². The van der Waals surface area contributed by atoms with E-state index in [1.54, 1.807) is 6.08 Å². The Hall–Kier alpha value is -0.570. The molecule has 0 aliphatic heterocycles. The molecule has 0 spiro atoms. The molecule has 0 aliphatic carbocycles. The van der Waals surface area contributed by atoms with Crippen molar-refractivity contribution in [3.63, 3.8) is 0 Å². The first-order valence-corrected chi connectivity index (χ1v) is 4.84. The normalized spacial score (nSPS) is 9.08. The zero-order valence-electron chi connectivity index (χ0n) is 7.73. The van der Waals surface area contributed by atoms with E-state index >= 15 is 0 Å². The standard InChI is InChI=1S/C9H18N2S/c1-3-5-6-8-11-9(12)10-7-4-2/h4H,2-3,5-8H2,1H3,(H2,10,11,12). The van der Waals surface area contributed by atoms with E-state index in [4.69, 9.17) is 12.2 Å². The summed E-state index contributed by atoms with van der Waals surface area (Å²) in [7, 11) is 0. The lowest BCUT2D eigenvalue weighted by Crippen LogP contribution is -2.35. The van der Waals surface area contributed by atoms with Crippen molar-refractivity contribution in [2.75, 3.05) is 13.1 Å². The Morgan fingerprint density at radius 1 is 1.42 bits per heavy atom. The number of rotatable bonds is 6. The van der Waals surface area contributed by atoms with Crippen LogP contribution in [-0.2, 0) is 0 Å². The molecule has 0 saturated carbocycles. The Balaban J connectivity index is 3.13. The molecule has 0 radical (unpaired) electrons. The molecule has 0 fully saturated rings. The molecule has 2 N–H and O–H groups in total. The van der Waals surface area contributed by atoms with Crippen LogP contribution in [0.2, 0.25) is 0 Å². The molecule has 0 rings (SSSR count). The van der Waals surface area contributed by atoms with Crippen molar-refractivity contribution in [2.45, 2.75) is 26.2 Å². The quantitative estimate of drug-likeness (QED) is 0.376. The highest BCUT2D eigenvalue weighted by atomic mass is 32.1. The average Bonchev–Trinajstić information content (AvgIpc) is 2.09. The maximum Gasteiger partial charge on any atom is 0.166 e. The van der Waals surface area contributed by atoms with E-state index in [2.05, 4.69) is 24.1 Å². The van der Waals surface area contributed by atoms with E-state index in [-0.39, 0.29) is 0 Å². The first-order chi connectivity index (χ1) is 5.81. The van der Waals surface area contributed by atoms with Crippen molar-refractivity contribution in [1.82, 2.24) is 10.6 Å². The second kappa shape index (κ2) is 8.53. The molecule has 3 heteroatoms. The van der Waals surface area contributed by atoms with Crippen LogP contribution >= 0.6 is 12.2 Å². The maximum atomic E-state index is 5.00. The van der Waals surface area contributed by atoms with Gasteiger partial charge >= 0.3 is 0 Å². The van der Waals surface area contributed by atoms with Gasteiger partial charge < -0.3 is 10.6 Å². The maximum absolute atomic E-state index is 5.00. The van der Waals surface area contributed by atoms with Gasteiger partial charge in [0, 0.05) is 13.1 Å². The van der Waals surface area contributed by atoms with E-state index in [1.165, 1.54) is 19.3 Å². The van der Waals surface area contributed by atoms with Crippen molar-refractivity contribution in [2.24, 2.45) is 0 Å². The minimum absolute atomic E-state index is 0.728. The summed E-state index contributed by atoms with van der Waals surface area (Å²) >= 11 is 5.00. The molecule has 0 atom stereocenters. The van der Waals surface area contributed by atoms with Crippen LogP contribution in [-0.4, -0.2) is 18.2 Å². The second-order valence-corrected chi connectivity index (χ2v) is 3.04. The minimum Gasteiger partial charge on any atom is -0.363 e. The summed E-state index contributed by atoms with van der Waals surface area (Å²) in [5.74, 6) is 0. The predicted octanol–water partition coefficient (Wildman–Crippen LogP) is 1.83. The second-order valence-electron chi connectivity index (χ2n) is 2.63. The van der Waals surface area contributed by atoms with Gasteiger partial charge in [-0.15, -0.1) is 6.58 Å². The third-order valence-corrected chi connectivity index (χ3v) is 1.76. The highest BCUT2D eigenvalue weighted by molar-refractivity contribution is 7.80. The molecule has 0 aromatic carbocycles. The summed E-state index contributed by atoms with van der Waals surface area (Å²) in [4.78, 5) is 0. The highest BCUT2D eigenvalue weighted by Gasteiger charge is 1.90. The average molecular weight is 186 g/mol. The first kappa shape index (κ1) is 11.4. The Morgan fingerprint density at radius 2 is 2.17 bits per heavy atom. The fraction of sp³-hybridized carbons (Fsp3) is 0.667. The van der Waals surface area contributed by atoms with Crippen LogP contribution in [0.1, 0.15) is 26.2 Å². The van der Waals surface area contributed by atoms with Gasteiger partial charge in [-0.25, -0.2) is 0 Å². The summed E-state index contributed by atoms with van der Waals surface area (Å²) < 4.78 is 0. The van der Waals surface area contributed by atoms with Crippen molar-refractivity contribution in [1.29, 1.82) is 0 Å². The van der Waals surface area contributed by atoms with Gasteiger partial charge in [0.15, 0.2) is 5.11 Å². The van der Waals surface area contributed by atoms with Crippen molar-refractivity contribution < 1.29 is 0 Å². The molecule has 0 amide bonds. The van der Waals surface area contributed by atoms with Gasteiger partial charge in [-0.2, -0.15) is 0 Å². The first-order valence-electron chi connectivity index (χ1n) is 4.43. The number of unbranched alkanes of at least 4 members (excludes halogenated alkanes) is 2. The van der Waals surface area contributed by atoms with Crippen LogP contribution < -0.4 is 10.6 Å². The zero-order valence-corrected chi connectivity index (χ0v) is 8.54. The molecule has 2 nitrogen and oxygen atoms in total. The van der Waals surface area contributed by atoms with Crippen molar-refractivity contribution in [3.05, 3.63) is 12.7 Å². The largest absolute Gasteiger partial charge is 0.363 e. The van der Waals surface area contributed by atoms with Crippen LogP contribution in [0.3, 0.4) is 0 Å². The third-order valence-electron chi connectivity index (χ3n) is 1.47. The van der Waals surface area contributed by atoms with Crippen LogP contribution in [0.25, 0.3) is 0 Å². The van der Waals surface area contributed by atoms with Crippen LogP contribution in [0, 0.1) is 0 Å². The van der Waals surface area contributed by atoms with Crippen molar-refractivity contribution in [3.8, 4) is 0 Å². The summed E-state index contributed by atoms with van der Waals surface area (Å²) in [5, 5.41) is 6.86. The lowest BCUT2D eigenvalue weighted by Gasteiger charge is -2.07. The molecule has 12 heavy (non-hydrogen) atoms. The van der Waals surface area contributed by atoms with E-state index in [1.807, 2.05) is 0 Å². The van der Waals surface area contributed by atoms with Crippen LogP contribution in [0.15, 0.2) is 12.7 Å². The third kappa shape index (κ3) is 7.54. The molecule has 0 aromatic heterocycles. The van der Waals surface area contributed by atoms with Gasteiger partial charge in [0.25, 0.3) is 0 Å². The Labute approximate surface area is 80.4 Å². The lowest BCUT2D eigenvalue weighted by atomic mass is 10.2. The van der Waals surface area contributed by atoms with Gasteiger partial charge in [-0.1, -0.05) is 25.8 Å². The lowest BCUT2D eigenvalue weighted by molar-refractivity contribution is 0.691. The smallest absolute Gasteiger partial charge is 0.166 e. The molecule has 0 unspecified atom stereocenters. The molecular weight excluding hydrogens is 168 g/mol. The molecule has 0 aliphatic rings. The molecule has 0 heterocycles. The SMILES string of the molecule is C=CCNC(=S)NCCCCC. The Bertz CT molecular complexity index is 134. The molecule has 70 valence electrons. The Morgan fingerprint density at radius 3 is 2.75 bits per heavy atom. The fourth-order valence-electron chi connectivity index (χ4n) is 0.804. The fourth-order valence-corrected chi connectivity index (χ4v) is 0.990. The highest BCUT2D eigenvalue weighted by Crippen LogP contribution is 1.90. The van der Waals surface area contributed by atoms with Crippen molar-refractivity contribution >= 4 is 17.3 Å². The van der Waals surface area contributed by atoms with E-state index in [9.17, 15) is 0 Å². The van der Waals surface area contributed by atoms with Crippen LogP contribution in [0.4, 0.5) is 0 Å². The molecule has 0 bridgehead atoms. The summed E-state index contributed by atoms with van der Waals surface area (Å²) in [6, 6.07) is 0. The molecular formula is C9H18N2S. The predicted molar refractivity (Wildman–Crippen MR) is 58.3 cm³/mol.